The zero-order chi connectivity index (χ0) is 17.6. The number of hydrogen-bond acceptors (Lipinski definition) is 3. The Hall–Kier alpha value is -2.82. The normalized spacial score (nSPS) is 16.5. The number of ether oxygens (including phenoxy) is 1. The van der Waals surface area contributed by atoms with E-state index in [1.54, 1.807) is 31.4 Å². The predicted octanol–water partition coefficient (Wildman–Crippen LogP) is 2.79. The first-order valence-corrected chi connectivity index (χ1v) is 8.45. The summed E-state index contributed by atoms with van der Waals surface area (Å²) in [7, 11) is 1.63. The molecule has 2 aromatic carbocycles. The van der Waals surface area contributed by atoms with Gasteiger partial charge in [0, 0.05) is 12.1 Å². The molecular weight excluding hydrogens is 316 g/mol. The molecule has 5 heteroatoms. The molecule has 0 aromatic heterocycles. The Morgan fingerprint density at radius 3 is 2.52 bits per heavy atom. The Labute approximate surface area is 147 Å². The van der Waals surface area contributed by atoms with Crippen LogP contribution < -0.4 is 10.1 Å². The van der Waals surface area contributed by atoms with Crippen LogP contribution in [-0.4, -0.2) is 36.9 Å². The molecule has 25 heavy (non-hydrogen) atoms. The SMILES string of the molecule is COc1ccc([C@H]2CCCN2C(=O)CNC(=O)c2ccccc2)cc1. The van der Waals surface area contributed by atoms with Crippen LogP contribution in [-0.2, 0) is 4.79 Å². The van der Waals surface area contributed by atoms with E-state index in [0.29, 0.717) is 5.56 Å². The summed E-state index contributed by atoms with van der Waals surface area (Å²) in [5, 5.41) is 2.72. The molecule has 0 saturated carbocycles. The average Bonchev–Trinajstić information content (AvgIpc) is 3.16. The largest absolute Gasteiger partial charge is 0.497 e. The smallest absolute Gasteiger partial charge is 0.251 e. The van der Waals surface area contributed by atoms with Gasteiger partial charge in [-0.1, -0.05) is 30.3 Å². The van der Waals surface area contributed by atoms with E-state index in [4.69, 9.17) is 4.74 Å². The molecule has 1 aliphatic heterocycles. The van der Waals surface area contributed by atoms with E-state index in [0.717, 1.165) is 30.7 Å². The maximum atomic E-state index is 12.6. The van der Waals surface area contributed by atoms with Crippen LogP contribution in [0.5, 0.6) is 5.75 Å². The summed E-state index contributed by atoms with van der Waals surface area (Å²) in [6, 6.07) is 16.8. The van der Waals surface area contributed by atoms with Crippen molar-refractivity contribution in [2.24, 2.45) is 0 Å². The molecule has 0 radical (unpaired) electrons. The highest BCUT2D eigenvalue weighted by Crippen LogP contribution is 2.32. The van der Waals surface area contributed by atoms with Gasteiger partial charge in [-0.15, -0.1) is 0 Å². The van der Waals surface area contributed by atoms with Gasteiger partial charge in [-0.3, -0.25) is 9.59 Å². The molecule has 0 unspecified atom stereocenters. The van der Waals surface area contributed by atoms with Crippen molar-refractivity contribution in [1.82, 2.24) is 10.2 Å². The fraction of sp³-hybridized carbons (Fsp3) is 0.300. The number of likely N-dealkylation sites (tertiary alicyclic amines) is 1. The third-order valence-electron chi connectivity index (χ3n) is 4.51. The summed E-state index contributed by atoms with van der Waals surface area (Å²) >= 11 is 0. The van der Waals surface area contributed by atoms with Gasteiger partial charge in [0.2, 0.25) is 5.91 Å². The van der Waals surface area contributed by atoms with Crippen LogP contribution >= 0.6 is 0 Å². The summed E-state index contributed by atoms with van der Waals surface area (Å²) in [4.78, 5) is 26.5. The lowest BCUT2D eigenvalue weighted by molar-refractivity contribution is -0.131. The van der Waals surface area contributed by atoms with Gasteiger partial charge in [0.15, 0.2) is 0 Å². The number of nitrogens with zero attached hydrogens (tertiary/aromatic N) is 1. The summed E-state index contributed by atoms with van der Waals surface area (Å²) in [5.41, 5.74) is 1.66. The minimum absolute atomic E-state index is 0.0143. The number of carbonyl (C=O) groups excluding carboxylic acids is 2. The highest BCUT2D eigenvalue weighted by molar-refractivity contribution is 5.96. The summed E-state index contributed by atoms with van der Waals surface area (Å²) in [6.45, 7) is 0.733. The van der Waals surface area contributed by atoms with E-state index in [1.165, 1.54) is 0 Å². The lowest BCUT2D eigenvalue weighted by Crippen LogP contribution is -2.39. The third kappa shape index (κ3) is 3.99. The van der Waals surface area contributed by atoms with Crippen molar-refractivity contribution in [1.29, 1.82) is 0 Å². The zero-order valence-corrected chi connectivity index (χ0v) is 14.3. The van der Waals surface area contributed by atoms with Crippen LogP contribution in [0.4, 0.5) is 0 Å². The van der Waals surface area contributed by atoms with Gasteiger partial charge in [-0.2, -0.15) is 0 Å². The molecule has 3 rings (SSSR count). The van der Waals surface area contributed by atoms with Crippen LogP contribution in [0.3, 0.4) is 0 Å². The first-order valence-electron chi connectivity index (χ1n) is 8.45. The van der Waals surface area contributed by atoms with E-state index in [1.807, 2.05) is 35.2 Å². The minimum atomic E-state index is -0.228. The van der Waals surface area contributed by atoms with E-state index >= 15 is 0 Å². The van der Waals surface area contributed by atoms with Gasteiger partial charge in [0.05, 0.1) is 19.7 Å². The first kappa shape index (κ1) is 17.0. The number of hydrogen-bond donors (Lipinski definition) is 1. The number of rotatable bonds is 5. The Morgan fingerprint density at radius 2 is 1.84 bits per heavy atom. The highest BCUT2D eigenvalue weighted by Gasteiger charge is 2.29. The van der Waals surface area contributed by atoms with Gasteiger partial charge in [-0.25, -0.2) is 0 Å². The van der Waals surface area contributed by atoms with Crippen LogP contribution in [0, 0.1) is 0 Å². The average molecular weight is 338 g/mol. The molecule has 1 fully saturated rings. The maximum absolute atomic E-state index is 12.6. The molecule has 5 nitrogen and oxygen atoms in total. The Balaban J connectivity index is 1.61. The van der Waals surface area contributed by atoms with Crippen molar-refractivity contribution >= 4 is 11.8 Å². The number of nitrogens with one attached hydrogen (secondary N) is 1. The van der Waals surface area contributed by atoms with Crippen LogP contribution in [0.25, 0.3) is 0 Å². The molecule has 2 aromatic rings. The van der Waals surface area contributed by atoms with E-state index < -0.39 is 0 Å². The Kier molecular flexibility index (Phi) is 5.33. The molecule has 1 atom stereocenters. The van der Waals surface area contributed by atoms with Crippen molar-refractivity contribution in [2.75, 3.05) is 20.2 Å². The van der Waals surface area contributed by atoms with Crippen molar-refractivity contribution in [3.05, 3.63) is 65.7 Å². The zero-order valence-electron chi connectivity index (χ0n) is 14.3. The molecule has 0 spiro atoms. The second kappa shape index (κ2) is 7.83. The van der Waals surface area contributed by atoms with Gasteiger partial charge in [0.1, 0.15) is 5.75 Å². The number of carbonyl (C=O) groups is 2. The molecule has 0 aliphatic carbocycles. The third-order valence-corrected chi connectivity index (χ3v) is 4.51. The van der Waals surface area contributed by atoms with Crippen molar-refractivity contribution in [3.8, 4) is 5.75 Å². The quantitative estimate of drug-likeness (QED) is 0.912. The number of methoxy groups -OCH3 is 1. The Morgan fingerprint density at radius 1 is 1.12 bits per heavy atom. The van der Waals surface area contributed by atoms with Crippen molar-refractivity contribution in [3.63, 3.8) is 0 Å². The Bertz CT molecular complexity index is 728. The second-order valence-electron chi connectivity index (χ2n) is 6.07. The molecule has 1 heterocycles. The topological polar surface area (TPSA) is 58.6 Å². The molecule has 1 aliphatic rings. The number of benzene rings is 2. The fourth-order valence-corrected chi connectivity index (χ4v) is 3.19. The lowest BCUT2D eigenvalue weighted by atomic mass is 10.0. The summed E-state index contributed by atoms with van der Waals surface area (Å²) in [6.07, 6.45) is 1.90. The lowest BCUT2D eigenvalue weighted by Gasteiger charge is -2.25. The van der Waals surface area contributed by atoms with Gasteiger partial charge in [0.25, 0.3) is 5.91 Å². The van der Waals surface area contributed by atoms with Crippen LogP contribution in [0.15, 0.2) is 54.6 Å². The first-order chi connectivity index (χ1) is 12.2. The molecule has 0 bridgehead atoms. The van der Waals surface area contributed by atoms with E-state index in [2.05, 4.69) is 5.32 Å². The number of amides is 2. The second-order valence-corrected chi connectivity index (χ2v) is 6.07. The molecular formula is C20H22N2O3. The monoisotopic (exact) mass is 338 g/mol. The summed E-state index contributed by atoms with van der Waals surface area (Å²) < 4.78 is 5.19. The van der Waals surface area contributed by atoms with E-state index in [9.17, 15) is 9.59 Å². The fourth-order valence-electron chi connectivity index (χ4n) is 3.19. The molecule has 1 N–H and O–H groups in total. The van der Waals surface area contributed by atoms with Crippen LogP contribution in [0.2, 0.25) is 0 Å². The van der Waals surface area contributed by atoms with Crippen molar-refractivity contribution in [2.45, 2.75) is 18.9 Å². The summed E-state index contributed by atoms with van der Waals surface area (Å²) in [5.74, 6) is 0.520. The minimum Gasteiger partial charge on any atom is -0.497 e. The predicted molar refractivity (Wildman–Crippen MR) is 95.5 cm³/mol. The van der Waals surface area contributed by atoms with Crippen molar-refractivity contribution < 1.29 is 14.3 Å². The van der Waals surface area contributed by atoms with E-state index in [-0.39, 0.29) is 24.4 Å². The van der Waals surface area contributed by atoms with Gasteiger partial charge < -0.3 is 15.0 Å². The van der Waals surface area contributed by atoms with Gasteiger partial charge >= 0.3 is 0 Å². The van der Waals surface area contributed by atoms with Crippen LogP contribution in [0.1, 0.15) is 34.8 Å². The maximum Gasteiger partial charge on any atom is 0.251 e. The molecule has 130 valence electrons. The molecule has 2 amide bonds. The highest BCUT2D eigenvalue weighted by atomic mass is 16.5. The van der Waals surface area contributed by atoms with Gasteiger partial charge in [-0.05, 0) is 42.7 Å². The standard InChI is InChI=1S/C20H22N2O3/c1-25-17-11-9-15(10-12-17)18-8-5-13-22(18)19(23)14-21-20(24)16-6-3-2-4-7-16/h2-4,6-7,9-12,18H,5,8,13-14H2,1H3,(H,21,24)/t18-/m1/s1. The molecule has 1 saturated heterocycles.